The number of hydrogen-bond acceptors (Lipinski definition) is 5. The summed E-state index contributed by atoms with van der Waals surface area (Å²) < 4.78 is 3.76. The van der Waals surface area contributed by atoms with Crippen LogP contribution in [0.4, 0.5) is 5.13 Å². The van der Waals surface area contributed by atoms with Gasteiger partial charge in [-0.3, -0.25) is 14.7 Å². The SMILES string of the molecule is Cc1c(C(=O)N(Cc2ccccn2)c2nc3ccc(Br)cc3s2)cnn1-c1ccccc1. The van der Waals surface area contributed by atoms with Crippen molar-refractivity contribution in [1.29, 1.82) is 0 Å². The van der Waals surface area contributed by atoms with Crippen LogP contribution in [0, 0.1) is 6.92 Å². The molecule has 3 heterocycles. The van der Waals surface area contributed by atoms with Crippen LogP contribution < -0.4 is 4.90 Å². The second-order valence-electron chi connectivity index (χ2n) is 7.21. The highest BCUT2D eigenvalue weighted by Crippen LogP contribution is 2.32. The van der Waals surface area contributed by atoms with Crippen LogP contribution in [0.1, 0.15) is 21.7 Å². The minimum atomic E-state index is -0.159. The average molecular weight is 504 g/mol. The molecule has 0 aliphatic carbocycles. The summed E-state index contributed by atoms with van der Waals surface area (Å²) in [6.45, 7) is 2.22. The van der Waals surface area contributed by atoms with Gasteiger partial charge in [0.05, 0.1) is 45.6 Å². The molecule has 0 aliphatic rings. The molecule has 0 N–H and O–H groups in total. The van der Waals surface area contributed by atoms with E-state index in [-0.39, 0.29) is 5.91 Å². The number of fused-ring (bicyclic) bond motifs is 1. The molecule has 2 aromatic carbocycles. The molecule has 0 radical (unpaired) electrons. The second-order valence-corrected chi connectivity index (χ2v) is 9.14. The molecule has 5 aromatic rings. The van der Waals surface area contributed by atoms with Crippen LogP contribution in [-0.2, 0) is 6.54 Å². The van der Waals surface area contributed by atoms with E-state index < -0.39 is 0 Å². The van der Waals surface area contributed by atoms with Gasteiger partial charge in [-0.2, -0.15) is 5.10 Å². The Bertz CT molecular complexity index is 1400. The Labute approximate surface area is 197 Å². The first-order valence-corrected chi connectivity index (χ1v) is 11.6. The van der Waals surface area contributed by atoms with Crippen LogP contribution in [-0.4, -0.2) is 25.7 Å². The first-order valence-electron chi connectivity index (χ1n) is 9.98. The molecule has 8 heteroatoms. The van der Waals surface area contributed by atoms with E-state index in [0.717, 1.165) is 31.8 Å². The van der Waals surface area contributed by atoms with E-state index >= 15 is 0 Å². The normalized spacial score (nSPS) is 11.1. The van der Waals surface area contributed by atoms with Crippen molar-refractivity contribution in [3.63, 3.8) is 0 Å². The molecule has 1 amide bonds. The lowest BCUT2D eigenvalue weighted by atomic mass is 10.2. The number of carbonyl (C=O) groups excluding carboxylic acids is 1. The number of anilines is 1. The van der Waals surface area contributed by atoms with Crippen molar-refractivity contribution in [3.05, 3.63) is 101 Å². The molecule has 0 bridgehead atoms. The molecule has 0 spiro atoms. The van der Waals surface area contributed by atoms with Crippen molar-refractivity contribution < 1.29 is 4.79 Å². The highest BCUT2D eigenvalue weighted by Gasteiger charge is 2.26. The summed E-state index contributed by atoms with van der Waals surface area (Å²) in [6, 6.07) is 21.4. The first kappa shape index (κ1) is 20.5. The van der Waals surface area contributed by atoms with Gasteiger partial charge in [0, 0.05) is 10.7 Å². The Kier molecular flexibility index (Phi) is 5.55. The summed E-state index contributed by atoms with van der Waals surface area (Å²) in [5, 5.41) is 5.10. The van der Waals surface area contributed by atoms with Crippen molar-refractivity contribution >= 4 is 48.5 Å². The number of benzene rings is 2. The molecule has 3 aromatic heterocycles. The Hall–Kier alpha value is -3.36. The molecule has 0 saturated carbocycles. The number of aromatic nitrogens is 4. The summed E-state index contributed by atoms with van der Waals surface area (Å²) in [5.41, 5.74) is 3.85. The van der Waals surface area contributed by atoms with Crippen LogP contribution in [0.3, 0.4) is 0 Å². The molecule has 0 atom stereocenters. The maximum atomic E-state index is 13.8. The summed E-state index contributed by atoms with van der Waals surface area (Å²) in [4.78, 5) is 24.6. The predicted octanol–water partition coefficient (Wildman–Crippen LogP) is 5.79. The fraction of sp³-hybridized carbons (Fsp3) is 0.0833. The third-order valence-corrected chi connectivity index (χ3v) is 6.64. The summed E-state index contributed by atoms with van der Waals surface area (Å²) >= 11 is 4.99. The lowest BCUT2D eigenvalue weighted by Gasteiger charge is -2.19. The zero-order valence-electron chi connectivity index (χ0n) is 17.1. The molecule has 0 fully saturated rings. The number of carbonyl (C=O) groups is 1. The lowest BCUT2D eigenvalue weighted by molar-refractivity contribution is 0.0984. The topological polar surface area (TPSA) is 63.9 Å². The van der Waals surface area contributed by atoms with Gasteiger partial charge in [0.2, 0.25) is 0 Å². The number of pyridine rings is 1. The van der Waals surface area contributed by atoms with E-state index in [2.05, 4.69) is 26.0 Å². The molecular weight excluding hydrogens is 486 g/mol. The number of hydrogen-bond donors (Lipinski definition) is 0. The Morgan fingerprint density at radius 1 is 1.09 bits per heavy atom. The van der Waals surface area contributed by atoms with Gasteiger partial charge in [-0.05, 0) is 49.4 Å². The van der Waals surface area contributed by atoms with Gasteiger partial charge in [0.15, 0.2) is 5.13 Å². The van der Waals surface area contributed by atoms with Gasteiger partial charge < -0.3 is 0 Å². The monoisotopic (exact) mass is 503 g/mol. The van der Waals surface area contributed by atoms with Crippen LogP contribution in [0.15, 0.2) is 83.6 Å². The zero-order valence-corrected chi connectivity index (χ0v) is 19.5. The van der Waals surface area contributed by atoms with Crippen molar-refractivity contribution in [1.82, 2.24) is 19.7 Å². The lowest BCUT2D eigenvalue weighted by Crippen LogP contribution is -2.31. The molecule has 0 aliphatic heterocycles. The number of para-hydroxylation sites is 1. The molecular formula is C24H18BrN5OS. The number of thiazole rings is 1. The molecule has 5 rings (SSSR count). The third-order valence-electron chi connectivity index (χ3n) is 5.10. The minimum Gasteiger partial charge on any atom is -0.278 e. The Balaban J connectivity index is 1.57. The zero-order chi connectivity index (χ0) is 22.1. The summed E-state index contributed by atoms with van der Waals surface area (Å²) in [6.07, 6.45) is 3.35. The smallest absolute Gasteiger partial charge is 0.263 e. The van der Waals surface area contributed by atoms with Crippen LogP contribution in [0.25, 0.3) is 15.9 Å². The van der Waals surface area contributed by atoms with Crippen molar-refractivity contribution in [2.75, 3.05) is 4.90 Å². The van der Waals surface area contributed by atoms with Crippen molar-refractivity contribution in [2.24, 2.45) is 0 Å². The van der Waals surface area contributed by atoms with Crippen molar-refractivity contribution in [3.8, 4) is 5.69 Å². The molecule has 32 heavy (non-hydrogen) atoms. The van der Waals surface area contributed by atoms with E-state index in [1.165, 1.54) is 11.3 Å². The van der Waals surface area contributed by atoms with E-state index in [1.807, 2.05) is 73.7 Å². The highest BCUT2D eigenvalue weighted by atomic mass is 79.9. The van der Waals surface area contributed by atoms with Crippen LogP contribution in [0.5, 0.6) is 0 Å². The fourth-order valence-electron chi connectivity index (χ4n) is 3.48. The molecule has 6 nitrogen and oxygen atoms in total. The van der Waals surface area contributed by atoms with E-state index in [1.54, 1.807) is 22.0 Å². The van der Waals surface area contributed by atoms with Gasteiger partial charge in [0.1, 0.15) is 0 Å². The largest absolute Gasteiger partial charge is 0.278 e. The van der Waals surface area contributed by atoms with Gasteiger partial charge in [-0.1, -0.05) is 51.5 Å². The van der Waals surface area contributed by atoms with E-state index in [0.29, 0.717) is 17.2 Å². The quantitative estimate of drug-likeness (QED) is 0.304. The Morgan fingerprint density at radius 3 is 2.69 bits per heavy atom. The highest BCUT2D eigenvalue weighted by molar-refractivity contribution is 9.10. The summed E-state index contributed by atoms with van der Waals surface area (Å²) in [5.74, 6) is -0.159. The second kappa shape index (κ2) is 8.64. The number of nitrogens with zero attached hydrogens (tertiary/aromatic N) is 5. The summed E-state index contributed by atoms with van der Waals surface area (Å²) in [7, 11) is 0. The van der Waals surface area contributed by atoms with Gasteiger partial charge in [0.25, 0.3) is 5.91 Å². The predicted molar refractivity (Wildman–Crippen MR) is 130 cm³/mol. The molecule has 0 unspecified atom stereocenters. The van der Waals surface area contributed by atoms with Gasteiger partial charge >= 0.3 is 0 Å². The standard InChI is InChI=1S/C24H18BrN5OS/c1-16-20(14-27-30(16)19-8-3-2-4-9-19)23(31)29(15-18-7-5-6-12-26-18)24-28-21-11-10-17(25)13-22(21)32-24/h2-14H,15H2,1H3. The van der Waals surface area contributed by atoms with Gasteiger partial charge in [-0.15, -0.1) is 0 Å². The maximum Gasteiger partial charge on any atom is 0.263 e. The van der Waals surface area contributed by atoms with Crippen LogP contribution in [0.2, 0.25) is 0 Å². The number of amides is 1. The molecule has 158 valence electrons. The van der Waals surface area contributed by atoms with E-state index in [4.69, 9.17) is 4.98 Å². The van der Waals surface area contributed by atoms with Crippen molar-refractivity contribution in [2.45, 2.75) is 13.5 Å². The first-order chi connectivity index (χ1) is 15.6. The fourth-order valence-corrected chi connectivity index (χ4v) is 4.99. The van der Waals surface area contributed by atoms with Crippen LogP contribution >= 0.6 is 27.3 Å². The third kappa shape index (κ3) is 3.94. The minimum absolute atomic E-state index is 0.159. The van der Waals surface area contributed by atoms with E-state index in [9.17, 15) is 4.79 Å². The number of rotatable bonds is 5. The molecule has 0 saturated heterocycles. The van der Waals surface area contributed by atoms with Gasteiger partial charge in [-0.25, -0.2) is 9.67 Å². The maximum absolute atomic E-state index is 13.8. The Morgan fingerprint density at radius 2 is 1.91 bits per heavy atom. The number of halogens is 1. The average Bonchev–Trinajstić information content (AvgIpc) is 3.41.